The Kier molecular flexibility index (Phi) is 5.11. The highest BCUT2D eigenvalue weighted by Gasteiger charge is 2.16. The van der Waals surface area contributed by atoms with E-state index in [1.54, 1.807) is 6.92 Å². The molecule has 0 radical (unpaired) electrons. The first-order valence-corrected chi connectivity index (χ1v) is 7.20. The van der Waals surface area contributed by atoms with Gasteiger partial charge < -0.3 is 10.5 Å². The van der Waals surface area contributed by atoms with Crippen LogP contribution in [0.2, 0.25) is 0 Å². The summed E-state index contributed by atoms with van der Waals surface area (Å²) in [5.41, 5.74) is 5.41. The van der Waals surface area contributed by atoms with Crippen LogP contribution < -0.4 is 10.5 Å². The van der Waals surface area contributed by atoms with Crippen LogP contribution >= 0.6 is 0 Å². The lowest BCUT2D eigenvalue weighted by Crippen LogP contribution is -2.20. The molecule has 0 aliphatic carbocycles. The molecule has 6 nitrogen and oxygen atoms in total. The van der Waals surface area contributed by atoms with Gasteiger partial charge in [-0.05, 0) is 25.1 Å². The van der Waals surface area contributed by atoms with E-state index in [1.165, 1.54) is 6.07 Å². The van der Waals surface area contributed by atoms with Crippen molar-refractivity contribution in [1.82, 2.24) is 0 Å². The number of hydrogen-bond donors (Lipinski definition) is 2. The van der Waals surface area contributed by atoms with Crippen molar-refractivity contribution >= 4 is 27.4 Å². The van der Waals surface area contributed by atoms with Gasteiger partial charge in [0.05, 0.1) is 24.5 Å². The average Bonchev–Trinajstić information content (AvgIpc) is 2.32. The number of esters is 1. The summed E-state index contributed by atoms with van der Waals surface area (Å²) in [4.78, 5) is 11.1. The van der Waals surface area contributed by atoms with Gasteiger partial charge in [-0.15, -0.1) is 0 Å². The summed E-state index contributed by atoms with van der Waals surface area (Å²) in [5.74, 6) is -1.85. The van der Waals surface area contributed by atoms with Gasteiger partial charge in [-0.2, -0.15) is 0 Å². The zero-order valence-electron chi connectivity index (χ0n) is 10.3. The third-order valence-corrected chi connectivity index (χ3v) is 3.41. The number of rotatable bonds is 6. The van der Waals surface area contributed by atoms with Gasteiger partial charge in [0, 0.05) is 5.69 Å². The maximum Gasteiger partial charge on any atom is 0.306 e. The highest BCUT2D eigenvalue weighted by molar-refractivity contribution is 7.92. The Morgan fingerprint density at radius 2 is 2.16 bits per heavy atom. The van der Waals surface area contributed by atoms with Crippen LogP contribution in [0.1, 0.15) is 13.3 Å². The minimum atomic E-state index is -3.83. The Morgan fingerprint density at radius 3 is 2.79 bits per heavy atom. The summed E-state index contributed by atoms with van der Waals surface area (Å²) in [7, 11) is -3.83. The number of nitrogens with two attached hydrogens (primary N) is 1. The molecule has 0 unspecified atom stereocenters. The zero-order valence-corrected chi connectivity index (χ0v) is 11.2. The molecule has 0 aliphatic rings. The van der Waals surface area contributed by atoms with Crippen molar-refractivity contribution in [2.45, 2.75) is 13.3 Å². The number of halogens is 1. The topological polar surface area (TPSA) is 98.5 Å². The minimum Gasteiger partial charge on any atom is -0.466 e. The van der Waals surface area contributed by atoms with Crippen molar-refractivity contribution < 1.29 is 22.3 Å². The monoisotopic (exact) mass is 290 g/mol. The largest absolute Gasteiger partial charge is 0.466 e. The van der Waals surface area contributed by atoms with Gasteiger partial charge >= 0.3 is 5.97 Å². The molecule has 1 aromatic carbocycles. The van der Waals surface area contributed by atoms with E-state index in [1.807, 2.05) is 4.72 Å². The third kappa shape index (κ3) is 5.12. The number of nitrogens with one attached hydrogen (secondary N) is 1. The lowest BCUT2D eigenvalue weighted by Gasteiger charge is -2.09. The van der Waals surface area contributed by atoms with Crippen LogP contribution in [0.4, 0.5) is 15.8 Å². The molecule has 106 valence electrons. The maximum absolute atomic E-state index is 13.3. The smallest absolute Gasteiger partial charge is 0.306 e. The number of carbonyl (C=O) groups excluding carboxylic acids is 1. The summed E-state index contributed by atoms with van der Waals surface area (Å²) >= 11 is 0. The molecule has 3 N–H and O–H groups in total. The van der Waals surface area contributed by atoms with Gasteiger partial charge in [0.25, 0.3) is 0 Å². The molecule has 0 saturated carbocycles. The Labute approximate surface area is 110 Å². The fourth-order valence-corrected chi connectivity index (χ4v) is 2.32. The van der Waals surface area contributed by atoms with Crippen LogP contribution in [0.5, 0.6) is 0 Å². The van der Waals surface area contributed by atoms with E-state index < -0.39 is 27.6 Å². The van der Waals surface area contributed by atoms with Gasteiger partial charge in [-0.1, -0.05) is 0 Å². The molecular weight excluding hydrogens is 275 g/mol. The maximum atomic E-state index is 13.3. The molecule has 19 heavy (non-hydrogen) atoms. The molecule has 1 rings (SSSR count). The van der Waals surface area contributed by atoms with Crippen LogP contribution in [0.25, 0.3) is 0 Å². The number of carbonyl (C=O) groups is 1. The molecule has 8 heteroatoms. The zero-order chi connectivity index (χ0) is 14.5. The van der Waals surface area contributed by atoms with Crippen molar-refractivity contribution in [1.29, 1.82) is 0 Å². The number of ether oxygens (including phenoxy) is 1. The molecule has 0 bridgehead atoms. The van der Waals surface area contributed by atoms with E-state index >= 15 is 0 Å². The highest BCUT2D eigenvalue weighted by atomic mass is 32.2. The summed E-state index contributed by atoms with van der Waals surface area (Å²) in [6, 6.07) is 3.53. The summed E-state index contributed by atoms with van der Waals surface area (Å²) in [5, 5.41) is 0. The Morgan fingerprint density at radius 1 is 1.47 bits per heavy atom. The number of sulfonamides is 1. The van der Waals surface area contributed by atoms with Gasteiger partial charge in [-0.25, -0.2) is 12.8 Å². The molecule has 0 saturated heterocycles. The molecule has 0 spiro atoms. The van der Waals surface area contributed by atoms with E-state index in [9.17, 15) is 17.6 Å². The summed E-state index contributed by atoms with van der Waals surface area (Å²) < 4.78 is 43.3. The van der Waals surface area contributed by atoms with Crippen molar-refractivity contribution in [3.05, 3.63) is 24.0 Å². The fourth-order valence-electron chi connectivity index (χ4n) is 1.29. The average molecular weight is 290 g/mol. The summed E-state index contributed by atoms with van der Waals surface area (Å²) in [6.07, 6.45) is -0.299. The normalized spacial score (nSPS) is 11.1. The van der Waals surface area contributed by atoms with E-state index in [-0.39, 0.29) is 24.4 Å². The predicted molar refractivity (Wildman–Crippen MR) is 69.5 cm³/mol. The summed E-state index contributed by atoms with van der Waals surface area (Å²) in [6.45, 7) is 1.79. The van der Waals surface area contributed by atoms with E-state index in [0.717, 1.165) is 12.1 Å². The lowest BCUT2D eigenvalue weighted by molar-refractivity contribution is -0.142. The van der Waals surface area contributed by atoms with Crippen LogP contribution in [0.15, 0.2) is 18.2 Å². The van der Waals surface area contributed by atoms with E-state index in [4.69, 9.17) is 5.73 Å². The molecule has 0 amide bonds. The lowest BCUT2D eigenvalue weighted by atomic mass is 10.3. The second kappa shape index (κ2) is 6.37. The Balaban J connectivity index is 2.69. The molecule has 1 aromatic rings. The standard InChI is InChI=1S/C11H15FN2O4S/c1-2-18-11(15)5-6-19(16,17)14-10-7-8(13)3-4-9(10)12/h3-4,7,14H,2,5-6,13H2,1H3. The van der Waals surface area contributed by atoms with Crippen LogP contribution in [-0.2, 0) is 19.6 Å². The first-order valence-electron chi connectivity index (χ1n) is 5.55. The van der Waals surface area contributed by atoms with Crippen molar-refractivity contribution in [2.75, 3.05) is 22.8 Å². The first kappa shape index (κ1) is 15.2. The molecular formula is C11H15FN2O4S. The van der Waals surface area contributed by atoms with E-state index in [2.05, 4.69) is 4.74 Å². The van der Waals surface area contributed by atoms with Crippen LogP contribution in [0, 0.1) is 5.82 Å². The molecule has 0 heterocycles. The number of hydrogen-bond acceptors (Lipinski definition) is 5. The Bertz CT molecular complexity index is 560. The SMILES string of the molecule is CCOC(=O)CCS(=O)(=O)Nc1cc(N)ccc1F. The predicted octanol–water partition coefficient (Wildman–Crippen LogP) is 1.10. The Hall–Kier alpha value is -1.83. The van der Waals surface area contributed by atoms with Crippen molar-refractivity contribution in [3.8, 4) is 0 Å². The second-order valence-electron chi connectivity index (χ2n) is 3.72. The molecule has 0 fully saturated rings. The van der Waals surface area contributed by atoms with Gasteiger partial charge in [-0.3, -0.25) is 9.52 Å². The van der Waals surface area contributed by atoms with E-state index in [0.29, 0.717) is 0 Å². The number of benzene rings is 1. The quantitative estimate of drug-likeness (QED) is 0.604. The fraction of sp³-hybridized carbons (Fsp3) is 0.364. The van der Waals surface area contributed by atoms with Crippen molar-refractivity contribution in [3.63, 3.8) is 0 Å². The van der Waals surface area contributed by atoms with Crippen LogP contribution in [-0.4, -0.2) is 26.7 Å². The van der Waals surface area contributed by atoms with Gasteiger partial charge in [0.1, 0.15) is 5.82 Å². The van der Waals surface area contributed by atoms with Gasteiger partial charge in [0.15, 0.2) is 0 Å². The minimum absolute atomic E-state index is 0.177. The number of nitrogen functional groups attached to an aromatic ring is 1. The first-order chi connectivity index (χ1) is 8.84. The molecule has 0 aromatic heterocycles. The van der Waals surface area contributed by atoms with Crippen LogP contribution in [0.3, 0.4) is 0 Å². The van der Waals surface area contributed by atoms with Crippen molar-refractivity contribution in [2.24, 2.45) is 0 Å². The molecule has 0 atom stereocenters. The number of anilines is 2. The third-order valence-electron chi connectivity index (χ3n) is 2.14. The van der Waals surface area contributed by atoms with Gasteiger partial charge in [0.2, 0.25) is 10.0 Å². The highest BCUT2D eigenvalue weighted by Crippen LogP contribution is 2.18. The molecule has 0 aliphatic heterocycles. The second-order valence-corrected chi connectivity index (χ2v) is 5.56.